The average Bonchev–Trinajstić information content (AvgIpc) is 2.88. The molecule has 3 heterocycles. The third kappa shape index (κ3) is 2.63. The van der Waals surface area contributed by atoms with Crippen LogP contribution in [0.3, 0.4) is 0 Å². The lowest BCUT2D eigenvalue weighted by atomic mass is 10.2. The third-order valence-corrected chi connectivity index (χ3v) is 3.60. The second-order valence-electron chi connectivity index (χ2n) is 4.10. The zero-order valence-electron chi connectivity index (χ0n) is 10.2. The first kappa shape index (κ1) is 11.9. The minimum absolute atomic E-state index is 0.307. The van der Waals surface area contributed by atoms with Gasteiger partial charge in [-0.3, -0.25) is 4.98 Å². The largest absolute Gasteiger partial charge is 0.369 e. The number of fused-ring (bicyclic) bond motifs is 1. The summed E-state index contributed by atoms with van der Waals surface area (Å²) in [6, 6.07) is 6.03. The Kier molecular flexibility index (Phi) is 3.24. The van der Waals surface area contributed by atoms with Crippen LogP contribution in [0.4, 0.5) is 11.8 Å². The SMILES string of the molecule is Nc1nc(NCCc2ccncc2)c2ccsc2n1. The first-order chi connectivity index (χ1) is 9.33. The molecule has 0 aliphatic rings. The van der Waals surface area contributed by atoms with Gasteiger partial charge < -0.3 is 11.1 Å². The lowest BCUT2D eigenvalue weighted by Crippen LogP contribution is -2.08. The van der Waals surface area contributed by atoms with Crippen molar-refractivity contribution in [2.75, 3.05) is 17.6 Å². The number of thiophene rings is 1. The van der Waals surface area contributed by atoms with E-state index >= 15 is 0 Å². The van der Waals surface area contributed by atoms with Gasteiger partial charge in [0.05, 0.1) is 5.39 Å². The van der Waals surface area contributed by atoms with Gasteiger partial charge in [0.25, 0.3) is 0 Å². The van der Waals surface area contributed by atoms with Crippen molar-refractivity contribution in [2.24, 2.45) is 0 Å². The highest BCUT2D eigenvalue weighted by molar-refractivity contribution is 7.16. The molecule has 6 heteroatoms. The molecule has 0 atom stereocenters. The lowest BCUT2D eigenvalue weighted by molar-refractivity contribution is 1.00. The molecule has 0 saturated carbocycles. The molecule has 5 nitrogen and oxygen atoms in total. The Morgan fingerprint density at radius 1 is 1.16 bits per heavy atom. The van der Waals surface area contributed by atoms with Gasteiger partial charge in [0.2, 0.25) is 5.95 Å². The highest BCUT2D eigenvalue weighted by Crippen LogP contribution is 2.25. The van der Waals surface area contributed by atoms with E-state index in [0.717, 1.165) is 29.0 Å². The zero-order chi connectivity index (χ0) is 13.1. The molecule has 0 spiro atoms. The number of rotatable bonds is 4. The summed E-state index contributed by atoms with van der Waals surface area (Å²) in [5.74, 6) is 1.11. The summed E-state index contributed by atoms with van der Waals surface area (Å²) in [6.45, 7) is 0.797. The molecule has 19 heavy (non-hydrogen) atoms. The first-order valence-electron chi connectivity index (χ1n) is 5.96. The summed E-state index contributed by atoms with van der Waals surface area (Å²) in [5, 5.41) is 6.33. The fourth-order valence-electron chi connectivity index (χ4n) is 1.88. The van der Waals surface area contributed by atoms with Crippen LogP contribution < -0.4 is 11.1 Å². The molecule has 0 radical (unpaired) electrons. The summed E-state index contributed by atoms with van der Waals surface area (Å²) in [6.07, 6.45) is 4.52. The number of hydrogen-bond acceptors (Lipinski definition) is 6. The predicted molar refractivity (Wildman–Crippen MR) is 78.3 cm³/mol. The number of aromatic nitrogens is 3. The van der Waals surface area contributed by atoms with Crippen LogP contribution in [0.2, 0.25) is 0 Å². The van der Waals surface area contributed by atoms with Crippen LogP contribution in [-0.2, 0) is 6.42 Å². The van der Waals surface area contributed by atoms with E-state index in [0.29, 0.717) is 5.95 Å². The molecule has 0 aromatic carbocycles. The van der Waals surface area contributed by atoms with Gasteiger partial charge in [-0.1, -0.05) is 0 Å². The predicted octanol–water partition coefficient (Wildman–Crippen LogP) is 2.32. The molecule has 0 aliphatic heterocycles. The second kappa shape index (κ2) is 5.19. The zero-order valence-corrected chi connectivity index (χ0v) is 11.0. The molecule has 0 saturated heterocycles. The maximum absolute atomic E-state index is 5.70. The van der Waals surface area contributed by atoms with Crippen LogP contribution in [-0.4, -0.2) is 21.5 Å². The Balaban J connectivity index is 1.73. The molecular formula is C13H13N5S. The van der Waals surface area contributed by atoms with Crippen LogP contribution in [0.25, 0.3) is 10.2 Å². The average molecular weight is 271 g/mol. The van der Waals surface area contributed by atoms with Crippen molar-refractivity contribution in [3.63, 3.8) is 0 Å². The van der Waals surface area contributed by atoms with E-state index in [9.17, 15) is 0 Å². The summed E-state index contributed by atoms with van der Waals surface area (Å²) in [7, 11) is 0. The summed E-state index contributed by atoms with van der Waals surface area (Å²) in [4.78, 5) is 13.4. The van der Waals surface area contributed by atoms with Gasteiger partial charge in [-0.05, 0) is 35.6 Å². The number of pyridine rings is 1. The third-order valence-electron chi connectivity index (χ3n) is 2.80. The maximum Gasteiger partial charge on any atom is 0.223 e. The van der Waals surface area contributed by atoms with Gasteiger partial charge in [0, 0.05) is 18.9 Å². The van der Waals surface area contributed by atoms with Crippen molar-refractivity contribution < 1.29 is 0 Å². The molecule has 3 N–H and O–H groups in total. The molecule has 0 unspecified atom stereocenters. The number of nitrogens with two attached hydrogens (primary N) is 1. The van der Waals surface area contributed by atoms with Gasteiger partial charge in [-0.25, -0.2) is 4.98 Å². The van der Waals surface area contributed by atoms with Crippen LogP contribution in [0, 0.1) is 0 Å². The normalized spacial score (nSPS) is 10.7. The monoisotopic (exact) mass is 271 g/mol. The standard InChI is InChI=1S/C13H13N5S/c14-13-17-11(10-4-8-19-12(10)18-13)16-7-3-9-1-5-15-6-2-9/h1-2,4-6,8H,3,7H2,(H3,14,16,17,18). The number of nitrogens with one attached hydrogen (secondary N) is 1. The summed E-state index contributed by atoms with van der Waals surface area (Å²) < 4.78 is 0. The number of anilines is 2. The fraction of sp³-hybridized carbons (Fsp3) is 0.154. The fourth-order valence-corrected chi connectivity index (χ4v) is 2.65. The van der Waals surface area contributed by atoms with Gasteiger partial charge in [-0.2, -0.15) is 4.98 Å². The van der Waals surface area contributed by atoms with Crippen molar-refractivity contribution in [1.82, 2.24) is 15.0 Å². The van der Waals surface area contributed by atoms with Gasteiger partial charge in [0.1, 0.15) is 10.6 Å². The van der Waals surface area contributed by atoms with E-state index in [-0.39, 0.29) is 0 Å². The lowest BCUT2D eigenvalue weighted by Gasteiger charge is -2.07. The number of hydrogen-bond donors (Lipinski definition) is 2. The van der Waals surface area contributed by atoms with E-state index in [4.69, 9.17) is 5.73 Å². The Labute approximate surface area is 114 Å². The first-order valence-corrected chi connectivity index (χ1v) is 6.84. The molecule has 0 amide bonds. The van der Waals surface area contributed by atoms with Crippen LogP contribution >= 0.6 is 11.3 Å². The Morgan fingerprint density at radius 2 is 2.00 bits per heavy atom. The van der Waals surface area contributed by atoms with Crippen molar-refractivity contribution in [1.29, 1.82) is 0 Å². The molecule has 3 aromatic rings. The van der Waals surface area contributed by atoms with E-state index in [1.807, 2.05) is 23.6 Å². The molecule has 0 fully saturated rings. The van der Waals surface area contributed by atoms with Crippen LogP contribution in [0.1, 0.15) is 5.56 Å². The molecule has 0 bridgehead atoms. The molecule has 96 valence electrons. The molecular weight excluding hydrogens is 258 g/mol. The number of nitrogens with zero attached hydrogens (tertiary/aromatic N) is 3. The highest BCUT2D eigenvalue weighted by Gasteiger charge is 2.06. The van der Waals surface area contributed by atoms with Crippen molar-refractivity contribution >= 4 is 33.3 Å². The van der Waals surface area contributed by atoms with E-state index < -0.39 is 0 Å². The minimum atomic E-state index is 0.307. The molecule has 3 rings (SSSR count). The minimum Gasteiger partial charge on any atom is -0.369 e. The Morgan fingerprint density at radius 3 is 2.84 bits per heavy atom. The maximum atomic E-state index is 5.70. The Hall–Kier alpha value is -2.21. The number of nitrogen functional groups attached to an aromatic ring is 1. The van der Waals surface area contributed by atoms with Gasteiger partial charge in [-0.15, -0.1) is 11.3 Å². The van der Waals surface area contributed by atoms with E-state index in [1.54, 1.807) is 23.7 Å². The van der Waals surface area contributed by atoms with Crippen LogP contribution in [0.5, 0.6) is 0 Å². The topological polar surface area (TPSA) is 76.7 Å². The summed E-state index contributed by atoms with van der Waals surface area (Å²) >= 11 is 1.57. The van der Waals surface area contributed by atoms with Crippen molar-refractivity contribution in [2.45, 2.75) is 6.42 Å². The molecule has 3 aromatic heterocycles. The highest BCUT2D eigenvalue weighted by atomic mass is 32.1. The van der Waals surface area contributed by atoms with E-state index in [2.05, 4.69) is 20.3 Å². The van der Waals surface area contributed by atoms with E-state index in [1.165, 1.54) is 5.56 Å². The summed E-state index contributed by atoms with van der Waals surface area (Å²) in [5.41, 5.74) is 6.94. The van der Waals surface area contributed by atoms with Gasteiger partial charge >= 0.3 is 0 Å². The van der Waals surface area contributed by atoms with Crippen molar-refractivity contribution in [3.8, 4) is 0 Å². The van der Waals surface area contributed by atoms with Crippen LogP contribution in [0.15, 0.2) is 36.0 Å². The Bertz CT molecular complexity index is 680. The quantitative estimate of drug-likeness (QED) is 0.761. The molecule has 0 aliphatic carbocycles. The van der Waals surface area contributed by atoms with Crippen molar-refractivity contribution in [3.05, 3.63) is 41.5 Å². The second-order valence-corrected chi connectivity index (χ2v) is 5.00. The van der Waals surface area contributed by atoms with Gasteiger partial charge in [0.15, 0.2) is 0 Å². The smallest absolute Gasteiger partial charge is 0.223 e.